The molecule has 0 aliphatic heterocycles. The van der Waals surface area contributed by atoms with Gasteiger partial charge in [0.2, 0.25) is 0 Å². The molecule has 1 aromatic rings. The molecule has 0 atom stereocenters. The number of aromatic nitrogens is 2. The van der Waals surface area contributed by atoms with E-state index in [4.69, 9.17) is 9.97 Å². The minimum Gasteiger partial charge on any atom is -0.237 e. The van der Waals surface area contributed by atoms with Crippen LogP contribution in [0.2, 0.25) is 0 Å². The van der Waals surface area contributed by atoms with E-state index in [1.165, 1.54) is 22.4 Å². The van der Waals surface area contributed by atoms with Gasteiger partial charge < -0.3 is 0 Å². The average molecular weight is 298 g/mol. The van der Waals surface area contributed by atoms with Crippen molar-refractivity contribution in [1.82, 2.24) is 9.97 Å². The normalized spacial score (nSPS) is 16.4. The predicted octanol–water partition coefficient (Wildman–Crippen LogP) is 5.50. The molecule has 0 saturated heterocycles. The van der Waals surface area contributed by atoms with Crippen molar-refractivity contribution in [3.8, 4) is 0 Å². The monoisotopic (exact) mass is 298 g/mol. The first-order valence-corrected chi connectivity index (χ1v) is 8.28. The van der Waals surface area contributed by atoms with E-state index in [2.05, 4.69) is 67.5 Å². The zero-order chi connectivity index (χ0) is 16.7. The number of nitrogens with zero attached hydrogens (tertiary/aromatic N) is 2. The summed E-state index contributed by atoms with van der Waals surface area (Å²) < 4.78 is 0. The van der Waals surface area contributed by atoms with E-state index in [0.717, 1.165) is 24.4 Å². The summed E-state index contributed by atoms with van der Waals surface area (Å²) >= 11 is 0. The Morgan fingerprint density at radius 2 is 1.55 bits per heavy atom. The summed E-state index contributed by atoms with van der Waals surface area (Å²) in [7, 11) is 0. The molecular weight excluding hydrogens is 268 g/mol. The Labute approximate surface area is 135 Å². The van der Waals surface area contributed by atoms with Gasteiger partial charge in [0.1, 0.15) is 5.82 Å². The van der Waals surface area contributed by atoms with Gasteiger partial charge in [0, 0.05) is 22.1 Å². The molecular formula is C20H30N2. The van der Waals surface area contributed by atoms with Crippen LogP contribution in [-0.4, -0.2) is 9.97 Å². The van der Waals surface area contributed by atoms with Crippen molar-refractivity contribution in [2.24, 2.45) is 0 Å². The van der Waals surface area contributed by atoms with E-state index >= 15 is 0 Å². The quantitative estimate of drug-likeness (QED) is 0.683. The molecule has 0 bridgehead atoms. The van der Waals surface area contributed by atoms with Crippen LogP contribution < -0.4 is 0 Å². The van der Waals surface area contributed by atoms with Gasteiger partial charge in [-0.15, -0.1) is 0 Å². The fraction of sp³-hybridized carbons (Fsp3) is 0.600. The first-order chi connectivity index (χ1) is 10.0. The van der Waals surface area contributed by atoms with Crippen molar-refractivity contribution < 1.29 is 0 Å². The first-order valence-electron chi connectivity index (χ1n) is 8.28. The Morgan fingerprint density at radius 3 is 2.05 bits per heavy atom. The Hall–Kier alpha value is -1.44. The van der Waals surface area contributed by atoms with Crippen LogP contribution in [0, 0.1) is 6.92 Å². The highest BCUT2D eigenvalue weighted by Crippen LogP contribution is 2.36. The van der Waals surface area contributed by atoms with E-state index < -0.39 is 0 Å². The SMILES string of the molecule is CC1=C(c2c(C)nc(C(C)(C)C)nc2C(C)(C)C)C=CCC1. The molecule has 1 heterocycles. The van der Waals surface area contributed by atoms with Crippen molar-refractivity contribution in [1.29, 1.82) is 0 Å². The Bertz CT molecular complexity index is 635. The maximum atomic E-state index is 5.01. The molecule has 1 aromatic heterocycles. The molecule has 0 amide bonds. The molecule has 0 unspecified atom stereocenters. The highest BCUT2D eigenvalue weighted by Gasteiger charge is 2.28. The Kier molecular flexibility index (Phi) is 4.34. The van der Waals surface area contributed by atoms with E-state index in [1.807, 2.05) is 0 Å². The zero-order valence-electron chi connectivity index (χ0n) is 15.5. The summed E-state index contributed by atoms with van der Waals surface area (Å²) in [5.74, 6) is 0.941. The second kappa shape index (κ2) is 5.64. The second-order valence-corrected chi connectivity index (χ2v) is 8.49. The van der Waals surface area contributed by atoms with Crippen molar-refractivity contribution >= 4 is 5.57 Å². The first kappa shape index (κ1) is 16.9. The maximum Gasteiger partial charge on any atom is 0.134 e. The van der Waals surface area contributed by atoms with Gasteiger partial charge in [-0.3, -0.25) is 0 Å². The van der Waals surface area contributed by atoms with Gasteiger partial charge in [-0.25, -0.2) is 9.97 Å². The van der Waals surface area contributed by atoms with Gasteiger partial charge in [-0.05, 0) is 32.3 Å². The van der Waals surface area contributed by atoms with Crippen LogP contribution in [0.15, 0.2) is 17.7 Å². The standard InChI is InChI=1S/C20H30N2/c1-13-11-9-10-12-15(13)16-14(2)21-18(20(6,7)8)22-17(16)19(3,4)5/h10,12H,9,11H2,1-8H3. The fourth-order valence-electron chi connectivity index (χ4n) is 2.85. The van der Waals surface area contributed by atoms with Gasteiger partial charge in [-0.1, -0.05) is 59.3 Å². The van der Waals surface area contributed by atoms with Crippen LogP contribution in [0.1, 0.15) is 84.1 Å². The van der Waals surface area contributed by atoms with Crippen LogP contribution >= 0.6 is 0 Å². The van der Waals surface area contributed by atoms with E-state index in [9.17, 15) is 0 Å². The molecule has 1 aliphatic rings. The largest absolute Gasteiger partial charge is 0.237 e. The highest BCUT2D eigenvalue weighted by atomic mass is 14.9. The molecule has 120 valence electrons. The third-order valence-corrected chi connectivity index (χ3v) is 4.17. The predicted molar refractivity (Wildman–Crippen MR) is 95.1 cm³/mol. The number of rotatable bonds is 1. The number of allylic oxidation sites excluding steroid dienone is 4. The van der Waals surface area contributed by atoms with Gasteiger partial charge in [0.25, 0.3) is 0 Å². The molecule has 0 radical (unpaired) electrons. The van der Waals surface area contributed by atoms with Crippen molar-refractivity contribution in [2.75, 3.05) is 0 Å². The number of hydrogen-bond acceptors (Lipinski definition) is 2. The number of hydrogen-bond donors (Lipinski definition) is 0. The average Bonchev–Trinajstić information content (AvgIpc) is 2.37. The highest BCUT2D eigenvalue weighted by molar-refractivity contribution is 5.80. The lowest BCUT2D eigenvalue weighted by molar-refractivity contribution is 0.509. The summed E-state index contributed by atoms with van der Waals surface area (Å²) in [4.78, 5) is 9.86. The molecule has 0 fully saturated rings. The Balaban J connectivity index is 2.77. The van der Waals surface area contributed by atoms with E-state index in [0.29, 0.717) is 0 Å². The molecule has 22 heavy (non-hydrogen) atoms. The van der Waals surface area contributed by atoms with Crippen LogP contribution in [0.3, 0.4) is 0 Å². The molecule has 0 N–H and O–H groups in total. The second-order valence-electron chi connectivity index (χ2n) is 8.49. The van der Waals surface area contributed by atoms with Crippen molar-refractivity contribution in [2.45, 2.75) is 79.1 Å². The fourth-order valence-corrected chi connectivity index (χ4v) is 2.85. The number of aryl methyl sites for hydroxylation is 1. The molecule has 2 heteroatoms. The summed E-state index contributed by atoms with van der Waals surface area (Å²) in [5, 5.41) is 0. The van der Waals surface area contributed by atoms with Gasteiger partial charge >= 0.3 is 0 Å². The van der Waals surface area contributed by atoms with Crippen LogP contribution in [0.25, 0.3) is 5.57 Å². The summed E-state index contributed by atoms with van der Waals surface area (Å²) in [6.07, 6.45) is 6.80. The van der Waals surface area contributed by atoms with Gasteiger partial charge in [-0.2, -0.15) is 0 Å². The third-order valence-electron chi connectivity index (χ3n) is 4.17. The molecule has 0 aromatic carbocycles. The lowest BCUT2D eigenvalue weighted by Crippen LogP contribution is -2.25. The van der Waals surface area contributed by atoms with Crippen LogP contribution in [-0.2, 0) is 10.8 Å². The lowest BCUT2D eigenvalue weighted by Gasteiger charge is -2.28. The van der Waals surface area contributed by atoms with Gasteiger partial charge in [0.15, 0.2) is 0 Å². The molecule has 1 aliphatic carbocycles. The Morgan fingerprint density at radius 1 is 0.909 bits per heavy atom. The van der Waals surface area contributed by atoms with Crippen molar-refractivity contribution in [3.63, 3.8) is 0 Å². The third kappa shape index (κ3) is 3.31. The molecule has 0 saturated carbocycles. The minimum atomic E-state index is -0.0326. The maximum absolute atomic E-state index is 5.01. The summed E-state index contributed by atoms with van der Waals surface area (Å²) in [6, 6.07) is 0. The van der Waals surface area contributed by atoms with E-state index in [1.54, 1.807) is 0 Å². The minimum absolute atomic E-state index is 0.00159. The van der Waals surface area contributed by atoms with Crippen molar-refractivity contribution in [3.05, 3.63) is 40.5 Å². The topological polar surface area (TPSA) is 25.8 Å². The lowest BCUT2D eigenvalue weighted by atomic mass is 9.82. The van der Waals surface area contributed by atoms with Crippen LogP contribution in [0.4, 0.5) is 0 Å². The van der Waals surface area contributed by atoms with E-state index in [-0.39, 0.29) is 10.8 Å². The molecule has 2 nitrogen and oxygen atoms in total. The molecule has 2 rings (SSSR count). The van der Waals surface area contributed by atoms with Gasteiger partial charge in [0.05, 0.1) is 5.69 Å². The van der Waals surface area contributed by atoms with Crippen LogP contribution in [0.5, 0.6) is 0 Å². The zero-order valence-corrected chi connectivity index (χ0v) is 15.5. The molecule has 0 spiro atoms. The smallest absolute Gasteiger partial charge is 0.134 e. The summed E-state index contributed by atoms with van der Waals surface area (Å²) in [5.41, 5.74) is 6.26. The summed E-state index contributed by atoms with van der Waals surface area (Å²) in [6.45, 7) is 17.6.